The Morgan fingerprint density at radius 3 is 1.94 bits per heavy atom. The Hall–Kier alpha value is -1.24. The van der Waals surface area contributed by atoms with Crippen LogP contribution in [0, 0.1) is 5.41 Å². The number of carboxylic acid groups (broad SMARTS) is 2. The van der Waals surface area contributed by atoms with E-state index >= 15 is 0 Å². The predicted octanol–water partition coefficient (Wildman–Crippen LogP) is 0.938. The van der Waals surface area contributed by atoms with Gasteiger partial charge in [-0.25, -0.2) is 0 Å². The first-order chi connectivity index (χ1) is 8.03. The van der Waals surface area contributed by atoms with Gasteiger partial charge in [-0.3, -0.25) is 14.4 Å². The molecule has 0 heterocycles. The Morgan fingerprint density at radius 1 is 1.17 bits per heavy atom. The second-order valence-corrected chi connectivity index (χ2v) is 6.63. The number of carbonyl (C=O) groups excluding carboxylic acids is 1. The molecule has 0 bridgehead atoms. The van der Waals surface area contributed by atoms with Gasteiger partial charge in [-0.1, -0.05) is 20.8 Å². The normalized spacial score (nSPS) is 14.8. The molecule has 0 aromatic rings. The standard InChI is InChI=1S/C11H19NO5S/c1-11(2,3)5-7(9(12)15)18-6(10(16)17)4-8(13)14/h6-7H,4-5H2,1-3H3,(H2,12,15)(H,13,14)(H,16,17). The summed E-state index contributed by atoms with van der Waals surface area (Å²) in [5.74, 6) is -3.08. The lowest BCUT2D eigenvalue weighted by atomic mass is 9.90. The van der Waals surface area contributed by atoms with Crippen LogP contribution < -0.4 is 5.73 Å². The van der Waals surface area contributed by atoms with E-state index < -0.39 is 34.8 Å². The molecule has 0 spiro atoms. The van der Waals surface area contributed by atoms with E-state index in [0.717, 1.165) is 11.8 Å². The highest BCUT2D eigenvalue weighted by Gasteiger charge is 2.31. The van der Waals surface area contributed by atoms with Gasteiger partial charge in [-0.2, -0.15) is 0 Å². The van der Waals surface area contributed by atoms with Crippen LogP contribution >= 0.6 is 11.8 Å². The van der Waals surface area contributed by atoms with Gasteiger partial charge in [-0.05, 0) is 11.8 Å². The third kappa shape index (κ3) is 7.16. The van der Waals surface area contributed by atoms with Crippen molar-refractivity contribution in [3.63, 3.8) is 0 Å². The van der Waals surface area contributed by atoms with E-state index in [1.54, 1.807) is 0 Å². The first-order valence-electron chi connectivity index (χ1n) is 5.42. The van der Waals surface area contributed by atoms with Crippen LogP contribution in [0.25, 0.3) is 0 Å². The molecule has 4 N–H and O–H groups in total. The molecule has 0 aromatic heterocycles. The molecule has 0 rings (SSSR count). The molecule has 6 nitrogen and oxygen atoms in total. The second-order valence-electron chi connectivity index (χ2n) is 5.22. The van der Waals surface area contributed by atoms with Crippen LogP contribution in [0.2, 0.25) is 0 Å². The molecule has 104 valence electrons. The predicted molar refractivity (Wildman–Crippen MR) is 68.3 cm³/mol. The molecule has 7 heteroatoms. The second kappa shape index (κ2) is 6.63. The summed E-state index contributed by atoms with van der Waals surface area (Å²) < 4.78 is 0. The van der Waals surface area contributed by atoms with Gasteiger partial charge in [0.1, 0.15) is 5.25 Å². The van der Waals surface area contributed by atoms with Gasteiger partial charge in [0.2, 0.25) is 5.91 Å². The van der Waals surface area contributed by atoms with Crippen molar-refractivity contribution in [2.24, 2.45) is 11.1 Å². The Bertz CT molecular complexity index is 337. The van der Waals surface area contributed by atoms with Gasteiger partial charge in [0.05, 0.1) is 11.7 Å². The fraction of sp³-hybridized carbons (Fsp3) is 0.727. The highest BCUT2D eigenvalue weighted by molar-refractivity contribution is 8.01. The zero-order valence-electron chi connectivity index (χ0n) is 10.7. The van der Waals surface area contributed by atoms with Crippen molar-refractivity contribution in [3.8, 4) is 0 Å². The molecule has 0 aliphatic rings. The van der Waals surface area contributed by atoms with E-state index in [4.69, 9.17) is 15.9 Å². The Kier molecular flexibility index (Phi) is 6.17. The van der Waals surface area contributed by atoms with Gasteiger partial charge in [0, 0.05) is 0 Å². The van der Waals surface area contributed by atoms with Gasteiger partial charge >= 0.3 is 11.9 Å². The minimum atomic E-state index is -1.25. The third-order valence-electron chi connectivity index (χ3n) is 2.08. The third-order valence-corrected chi connectivity index (χ3v) is 3.50. The number of carboxylic acids is 2. The largest absolute Gasteiger partial charge is 0.481 e. The summed E-state index contributed by atoms with van der Waals surface area (Å²) in [7, 11) is 0. The van der Waals surface area contributed by atoms with Crippen LogP contribution in [-0.4, -0.2) is 38.6 Å². The lowest BCUT2D eigenvalue weighted by Crippen LogP contribution is -2.34. The summed E-state index contributed by atoms with van der Waals surface area (Å²) in [6.45, 7) is 5.70. The zero-order chi connectivity index (χ0) is 14.5. The summed E-state index contributed by atoms with van der Waals surface area (Å²) >= 11 is 0.806. The smallest absolute Gasteiger partial charge is 0.317 e. The van der Waals surface area contributed by atoms with Crippen molar-refractivity contribution < 1.29 is 24.6 Å². The van der Waals surface area contributed by atoms with Crippen LogP contribution in [0.1, 0.15) is 33.6 Å². The zero-order valence-corrected chi connectivity index (χ0v) is 11.5. The van der Waals surface area contributed by atoms with Crippen molar-refractivity contribution >= 4 is 29.6 Å². The average molecular weight is 277 g/mol. The highest BCUT2D eigenvalue weighted by atomic mass is 32.2. The lowest BCUT2D eigenvalue weighted by molar-refractivity contribution is -0.143. The van der Waals surface area contributed by atoms with Gasteiger partial charge in [0.15, 0.2) is 0 Å². The summed E-state index contributed by atoms with van der Waals surface area (Å²) in [4.78, 5) is 32.8. The molecule has 2 unspecified atom stereocenters. The van der Waals surface area contributed by atoms with E-state index in [-0.39, 0.29) is 5.41 Å². The lowest BCUT2D eigenvalue weighted by Gasteiger charge is -2.25. The van der Waals surface area contributed by atoms with Crippen LogP contribution in [0.3, 0.4) is 0 Å². The maximum Gasteiger partial charge on any atom is 0.317 e. The summed E-state index contributed by atoms with van der Waals surface area (Å²) in [6.07, 6.45) is -0.135. The highest BCUT2D eigenvalue weighted by Crippen LogP contribution is 2.31. The van der Waals surface area contributed by atoms with E-state index in [1.165, 1.54) is 0 Å². The molecule has 0 saturated heterocycles. The minimum Gasteiger partial charge on any atom is -0.481 e. The Morgan fingerprint density at radius 2 is 1.67 bits per heavy atom. The van der Waals surface area contributed by atoms with Gasteiger partial charge < -0.3 is 15.9 Å². The topological polar surface area (TPSA) is 118 Å². The maximum atomic E-state index is 11.3. The summed E-state index contributed by atoms with van der Waals surface area (Å²) in [5, 5.41) is 15.7. The number of rotatable bonds is 7. The minimum absolute atomic E-state index is 0.195. The molecule has 0 aliphatic heterocycles. The molecule has 0 radical (unpaired) electrons. The SMILES string of the molecule is CC(C)(C)CC(SC(CC(=O)O)C(=O)O)C(N)=O. The van der Waals surface area contributed by atoms with Crippen LogP contribution in [0.4, 0.5) is 0 Å². The number of aliphatic carboxylic acids is 2. The molecular weight excluding hydrogens is 258 g/mol. The summed E-state index contributed by atoms with van der Waals surface area (Å²) in [6, 6.07) is 0. The van der Waals surface area contributed by atoms with E-state index in [0.29, 0.717) is 6.42 Å². The van der Waals surface area contributed by atoms with Gasteiger partial charge in [-0.15, -0.1) is 11.8 Å². The number of amides is 1. The van der Waals surface area contributed by atoms with Crippen molar-refractivity contribution in [2.75, 3.05) is 0 Å². The molecule has 1 amide bonds. The van der Waals surface area contributed by atoms with Crippen molar-refractivity contribution in [3.05, 3.63) is 0 Å². The first-order valence-corrected chi connectivity index (χ1v) is 6.36. The number of primary amides is 1. The van der Waals surface area contributed by atoms with Crippen LogP contribution in [-0.2, 0) is 14.4 Å². The quantitative estimate of drug-likeness (QED) is 0.637. The van der Waals surface area contributed by atoms with Gasteiger partial charge in [0.25, 0.3) is 0 Å². The van der Waals surface area contributed by atoms with E-state index in [9.17, 15) is 14.4 Å². The van der Waals surface area contributed by atoms with Crippen molar-refractivity contribution in [2.45, 2.75) is 44.1 Å². The molecule has 0 saturated carbocycles. The Labute approximate surface area is 110 Å². The van der Waals surface area contributed by atoms with Crippen LogP contribution in [0.5, 0.6) is 0 Å². The average Bonchev–Trinajstić information content (AvgIpc) is 2.12. The molecular formula is C11H19NO5S. The van der Waals surface area contributed by atoms with Crippen molar-refractivity contribution in [1.29, 1.82) is 0 Å². The number of carbonyl (C=O) groups is 3. The number of hydrogen-bond donors (Lipinski definition) is 3. The molecule has 0 aliphatic carbocycles. The van der Waals surface area contributed by atoms with E-state index in [2.05, 4.69) is 0 Å². The first kappa shape index (κ1) is 16.8. The fourth-order valence-electron chi connectivity index (χ4n) is 1.32. The molecule has 0 fully saturated rings. The maximum absolute atomic E-state index is 11.3. The number of thioether (sulfide) groups is 1. The fourth-order valence-corrected chi connectivity index (χ4v) is 2.80. The Balaban J connectivity index is 4.77. The molecule has 0 aromatic carbocycles. The number of nitrogens with two attached hydrogens (primary N) is 1. The van der Waals surface area contributed by atoms with Crippen LogP contribution in [0.15, 0.2) is 0 Å². The molecule has 2 atom stereocenters. The summed E-state index contributed by atoms with van der Waals surface area (Å²) in [5.41, 5.74) is 5.03. The number of hydrogen-bond acceptors (Lipinski definition) is 4. The van der Waals surface area contributed by atoms with E-state index in [1.807, 2.05) is 20.8 Å². The van der Waals surface area contributed by atoms with Crippen molar-refractivity contribution in [1.82, 2.24) is 0 Å². The molecule has 18 heavy (non-hydrogen) atoms. The monoisotopic (exact) mass is 277 g/mol.